The Morgan fingerprint density at radius 3 is 2.63 bits per heavy atom. The van der Waals surface area contributed by atoms with Crippen LogP contribution in [0.4, 0.5) is 11.4 Å². The van der Waals surface area contributed by atoms with Gasteiger partial charge in [0, 0.05) is 6.07 Å². The maximum Gasteiger partial charge on any atom is 0.292 e. The highest BCUT2D eigenvalue weighted by atomic mass is 35.5. The van der Waals surface area contributed by atoms with Gasteiger partial charge in [0.1, 0.15) is 18.0 Å². The standard InChI is InChI=1S/C13H11ClN2O3/c14-10-3-1-2-4-13(10)19-8-9-5-6-12(16(17)18)11(15)7-9/h1-7H,8,15H2. The fraction of sp³-hybridized carbons (Fsp3) is 0.0769. The van der Waals surface area contributed by atoms with Crippen LogP contribution in [0.2, 0.25) is 5.02 Å². The van der Waals surface area contributed by atoms with Crippen LogP contribution >= 0.6 is 11.6 Å². The lowest BCUT2D eigenvalue weighted by Gasteiger charge is -2.08. The second-order valence-electron chi connectivity index (χ2n) is 3.87. The van der Waals surface area contributed by atoms with Gasteiger partial charge < -0.3 is 10.5 Å². The van der Waals surface area contributed by atoms with Gasteiger partial charge in [-0.25, -0.2) is 0 Å². The number of nitrogens with zero attached hydrogens (tertiary/aromatic N) is 1. The minimum Gasteiger partial charge on any atom is -0.487 e. The first kappa shape index (κ1) is 13.2. The Kier molecular flexibility index (Phi) is 3.87. The third-order valence-corrected chi connectivity index (χ3v) is 2.83. The van der Waals surface area contributed by atoms with Crippen molar-refractivity contribution in [2.45, 2.75) is 6.61 Å². The molecule has 2 N–H and O–H groups in total. The first-order valence-electron chi connectivity index (χ1n) is 5.48. The van der Waals surface area contributed by atoms with Crippen LogP contribution < -0.4 is 10.5 Å². The summed E-state index contributed by atoms with van der Waals surface area (Å²) in [7, 11) is 0. The molecule has 0 amide bonds. The monoisotopic (exact) mass is 278 g/mol. The maximum atomic E-state index is 10.6. The van der Waals surface area contributed by atoms with E-state index >= 15 is 0 Å². The second kappa shape index (κ2) is 5.58. The molecule has 6 heteroatoms. The van der Waals surface area contributed by atoms with Gasteiger partial charge in [0.05, 0.1) is 9.95 Å². The molecule has 2 aromatic rings. The van der Waals surface area contributed by atoms with Crippen molar-refractivity contribution in [2.75, 3.05) is 5.73 Å². The summed E-state index contributed by atoms with van der Waals surface area (Å²) in [5.41, 5.74) is 6.34. The van der Waals surface area contributed by atoms with E-state index in [1.807, 2.05) is 6.07 Å². The van der Waals surface area contributed by atoms with Gasteiger partial charge in [-0.3, -0.25) is 10.1 Å². The number of para-hydroxylation sites is 1. The van der Waals surface area contributed by atoms with Gasteiger partial charge in [0.15, 0.2) is 0 Å². The average molecular weight is 279 g/mol. The second-order valence-corrected chi connectivity index (χ2v) is 4.28. The average Bonchev–Trinajstić information content (AvgIpc) is 2.37. The van der Waals surface area contributed by atoms with Crippen LogP contribution in [0, 0.1) is 10.1 Å². The van der Waals surface area contributed by atoms with Crippen molar-refractivity contribution >= 4 is 23.0 Å². The van der Waals surface area contributed by atoms with E-state index in [1.54, 1.807) is 24.3 Å². The summed E-state index contributed by atoms with van der Waals surface area (Å²) in [5, 5.41) is 11.1. The Labute approximate surface area is 114 Å². The van der Waals surface area contributed by atoms with Crippen molar-refractivity contribution in [3.8, 4) is 5.75 Å². The maximum absolute atomic E-state index is 10.6. The number of hydrogen-bond acceptors (Lipinski definition) is 4. The number of halogens is 1. The topological polar surface area (TPSA) is 78.4 Å². The Bertz CT molecular complexity index is 617. The van der Waals surface area contributed by atoms with Crippen molar-refractivity contribution in [3.05, 3.63) is 63.2 Å². The normalized spacial score (nSPS) is 10.2. The molecule has 0 atom stereocenters. The predicted molar refractivity (Wildman–Crippen MR) is 73.3 cm³/mol. The summed E-state index contributed by atoms with van der Waals surface area (Å²) in [6.07, 6.45) is 0. The third kappa shape index (κ3) is 3.14. The van der Waals surface area contributed by atoms with E-state index < -0.39 is 4.92 Å². The predicted octanol–water partition coefficient (Wildman–Crippen LogP) is 3.41. The van der Waals surface area contributed by atoms with Crippen molar-refractivity contribution < 1.29 is 9.66 Å². The molecule has 0 fully saturated rings. The number of nitrogens with two attached hydrogens (primary N) is 1. The molecule has 19 heavy (non-hydrogen) atoms. The molecule has 0 unspecified atom stereocenters. The third-order valence-electron chi connectivity index (χ3n) is 2.52. The largest absolute Gasteiger partial charge is 0.487 e. The number of ether oxygens (including phenoxy) is 1. The first-order chi connectivity index (χ1) is 9.08. The molecule has 2 aromatic carbocycles. The first-order valence-corrected chi connectivity index (χ1v) is 5.86. The molecule has 0 aliphatic heterocycles. The molecule has 0 saturated carbocycles. The van der Waals surface area contributed by atoms with E-state index in [9.17, 15) is 10.1 Å². The molecule has 0 aliphatic carbocycles. The number of benzene rings is 2. The fourth-order valence-corrected chi connectivity index (χ4v) is 1.77. The summed E-state index contributed by atoms with van der Waals surface area (Å²) < 4.78 is 5.52. The molecule has 2 rings (SSSR count). The Balaban J connectivity index is 2.11. The van der Waals surface area contributed by atoms with Gasteiger partial charge in [-0.05, 0) is 29.8 Å². The van der Waals surface area contributed by atoms with Crippen LogP contribution in [0.15, 0.2) is 42.5 Å². The van der Waals surface area contributed by atoms with Crippen LogP contribution in [0.25, 0.3) is 0 Å². The number of nitro groups is 1. The molecule has 0 aliphatic rings. The minimum atomic E-state index is -0.520. The lowest BCUT2D eigenvalue weighted by atomic mass is 10.2. The Hall–Kier alpha value is -2.27. The number of anilines is 1. The quantitative estimate of drug-likeness (QED) is 0.528. The summed E-state index contributed by atoms with van der Waals surface area (Å²) in [5.74, 6) is 0.557. The summed E-state index contributed by atoms with van der Waals surface area (Å²) in [6.45, 7) is 0.242. The van der Waals surface area contributed by atoms with E-state index in [0.29, 0.717) is 10.8 Å². The summed E-state index contributed by atoms with van der Waals surface area (Å²) in [4.78, 5) is 10.1. The number of nitrogen functional groups attached to an aromatic ring is 1. The van der Waals surface area contributed by atoms with E-state index in [0.717, 1.165) is 5.56 Å². The zero-order valence-corrected chi connectivity index (χ0v) is 10.6. The van der Waals surface area contributed by atoms with Gasteiger partial charge in [0.2, 0.25) is 0 Å². The van der Waals surface area contributed by atoms with Gasteiger partial charge in [-0.1, -0.05) is 23.7 Å². The van der Waals surface area contributed by atoms with Gasteiger partial charge in [-0.2, -0.15) is 0 Å². The molecule has 0 radical (unpaired) electrons. The molecular weight excluding hydrogens is 268 g/mol. The van der Waals surface area contributed by atoms with Crippen LogP contribution in [-0.2, 0) is 6.61 Å². The minimum absolute atomic E-state index is 0.110. The SMILES string of the molecule is Nc1cc(COc2ccccc2Cl)ccc1[N+](=O)[O-]. The van der Waals surface area contributed by atoms with E-state index in [-0.39, 0.29) is 18.0 Å². The zero-order chi connectivity index (χ0) is 13.8. The van der Waals surface area contributed by atoms with Crippen molar-refractivity contribution in [2.24, 2.45) is 0 Å². The van der Waals surface area contributed by atoms with Gasteiger partial charge >= 0.3 is 0 Å². The lowest BCUT2D eigenvalue weighted by Crippen LogP contribution is -2.00. The summed E-state index contributed by atoms with van der Waals surface area (Å²) >= 11 is 5.95. The van der Waals surface area contributed by atoms with Crippen molar-refractivity contribution in [1.82, 2.24) is 0 Å². The highest BCUT2D eigenvalue weighted by Crippen LogP contribution is 2.26. The molecular formula is C13H11ClN2O3. The fourth-order valence-electron chi connectivity index (χ4n) is 1.58. The molecule has 0 bridgehead atoms. The van der Waals surface area contributed by atoms with Crippen LogP contribution in [-0.4, -0.2) is 4.92 Å². The molecule has 0 spiro atoms. The van der Waals surface area contributed by atoms with Crippen LogP contribution in [0.3, 0.4) is 0 Å². The number of hydrogen-bond donors (Lipinski definition) is 1. The van der Waals surface area contributed by atoms with Crippen molar-refractivity contribution in [3.63, 3.8) is 0 Å². The number of rotatable bonds is 4. The van der Waals surface area contributed by atoms with Crippen LogP contribution in [0.5, 0.6) is 5.75 Å². The molecule has 0 heterocycles. The highest BCUT2D eigenvalue weighted by Gasteiger charge is 2.11. The molecule has 0 aromatic heterocycles. The highest BCUT2D eigenvalue weighted by molar-refractivity contribution is 6.32. The number of nitro benzene ring substituents is 1. The Morgan fingerprint density at radius 1 is 1.26 bits per heavy atom. The van der Waals surface area contributed by atoms with Crippen molar-refractivity contribution in [1.29, 1.82) is 0 Å². The van der Waals surface area contributed by atoms with E-state index in [1.165, 1.54) is 12.1 Å². The van der Waals surface area contributed by atoms with Crippen LogP contribution in [0.1, 0.15) is 5.56 Å². The van der Waals surface area contributed by atoms with Gasteiger partial charge in [-0.15, -0.1) is 0 Å². The Morgan fingerprint density at radius 2 is 2.00 bits per heavy atom. The van der Waals surface area contributed by atoms with E-state index in [4.69, 9.17) is 22.1 Å². The van der Waals surface area contributed by atoms with Gasteiger partial charge in [0.25, 0.3) is 5.69 Å². The lowest BCUT2D eigenvalue weighted by molar-refractivity contribution is -0.383. The molecule has 0 saturated heterocycles. The summed E-state index contributed by atoms with van der Waals surface area (Å²) in [6, 6.07) is 11.6. The molecule has 98 valence electrons. The van der Waals surface area contributed by atoms with E-state index in [2.05, 4.69) is 0 Å². The molecule has 5 nitrogen and oxygen atoms in total. The zero-order valence-electron chi connectivity index (χ0n) is 9.88. The smallest absolute Gasteiger partial charge is 0.292 e.